The van der Waals surface area contributed by atoms with E-state index in [4.69, 9.17) is 19.7 Å². The van der Waals surface area contributed by atoms with Crippen LogP contribution in [0.2, 0.25) is 0 Å². The number of aryl methyl sites for hydroxylation is 1. The van der Waals surface area contributed by atoms with Crippen LogP contribution in [0.15, 0.2) is 65.5 Å². The van der Waals surface area contributed by atoms with Crippen molar-refractivity contribution in [1.29, 1.82) is 5.41 Å². The molecule has 6 heteroatoms. The van der Waals surface area contributed by atoms with Crippen LogP contribution in [0.1, 0.15) is 29.2 Å². The Labute approximate surface area is 161 Å². The minimum Gasteiger partial charge on any atom is -0.468 e. The summed E-state index contributed by atoms with van der Waals surface area (Å²) < 4.78 is 13.7. The van der Waals surface area contributed by atoms with Gasteiger partial charge < -0.3 is 18.8 Å². The Bertz CT molecular complexity index is 1210. The molecule has 0 amide bonds. The number of hydrogen-bond donors (Lipinski definition) is 2. The van der Waals surface area contributed by atoms with Gasteiger partial charge in [-0.05, 0) is 23.9 Å². The molecule has 1 unspecified atom stereocenters. The number of ether oxygens (including phenoxy) is 1. The van der Waals surface area contributed by atoms with E-state index >= 15 is 0 Å². The molecule has 0 aliphatic carbocycles. The highest BCUT2D eigenvalue weighted by Crippen LogP contribution is 2.47. The quantitative estimate of drug-likeness (QED) is 0.502. The largest absolute Gasteiger partial charge is 0.468 e. The van der Waals surface area contributed by atoms with Gasteiger partial charge >= 0.3 is 0 Å². The summed E-state index contributed by atoms with van der Waals surface area (Å²) in [6.07, 6.45) is 3.81. The Morgan fingerprint density at radius 3 is 2.82 bits per heavy atom. The maximum absolute atomic E-state index is 9.16. The highest BCUT2D eigenvalue weighted by molar-refractivity contribution is 5.91. The predicted molar refractivity (Wildman–Crippen MR) is 103 cm³/mol. The van der Waals surface area contributed by atoms with Crippen LogP contribution in [0.5, 0.6) is 11.6 Å². The van der Waals surface area contributed by atoms with E-state index in [0.29, 0.717) is 29.9 Å². The van der Waals surface area contributed by atoms with Gasteiger partial charge in [-0.25, -0.2) is 4.98 Å². The van der Waals surface area contributed by atoms with Gasteiger partial charge in [-0.2, -0.15) is 0 Å². The topological polar surface area (TPSA) is 84.3 Å². The fourth-order valence-corrected chi connectivity index (χ4v) is 3.86. The van der Waals surface area contributed by atoms with Crippen molar-refractivity contribution in [3.05, 3.63) is 83.5 Å². The van der Waals surface area contributed by atoms with Gasteiger partial charge in [-0.1, -0.05) is 36.4 Å². The van der Waals surface area contributed by atoms with Crippen molar-refractivity contribution in [3.8, 4) is 11.6 Å². The first-order valence-electron chi connectivity index (χ1n) is 9.25. The predicted octanol–water partition coefficient (Wildman–Crippen LogP) is 3.78. The van der Waals surface area contributed by atoms with E-state index in [9.17, 15) is 0 Å². The number of rotatable bonds is 4. The maximum atomic E-state index is 9.16. The Hall–Kier alpha value is -3.38. The molecule has 0 spiro atoms. The highest BCUT2D eigenvalue weighted by Gasteiger charge is 2.34. The molecule has 6 nitrogen and oxygen atoms in total. The van der Waals surface area contributed by atoms with Gasteiger partial charge in [0.15, 0.2) is 0 Å². The standard InChI is InChI=1S/C22H19N3O3/c23-21-19-18(17-7-3-12-27-17)16-9-8-14-5-1-2-6-15(14)20(16)28-22(19)24-13-25(21)10-4-11-26/h1-3,5-9,12-13,18,23,26H,4,10-11H2. The third-order valence-corrected chi connectivity index (χ3v) is 5.18. The minimum atomic E-state index is -0.278. The molecule has 2 aromatic carbocycles. The number of furan rings is 1. The second kappa shape index (κ2) is 6.65. The molecule has 0 saturated carbocycles. The van der Waals surface area contributed by atoms with Crippen molar-refractivity contribution in [3.63, 3.8) is 0 Å². The van der Waals surface area contributed by atoms with E-state index < -0.39 is 0 Å². The van der Waals surface area contributed by atoms with Gasteiger partial charge in [0.05, 0.1) is 17.7 Å². The smallest absolute Gasteiger partial charge is 0.228 e. The van der Waals surface area contributed by atoms with Crippen molar-refractivity contribution >= 4 is 10.8 Å². The third-order valence-electron chi connectivity index (χ3n) is 5.18. The highest BCUT2D eigenvalue weighted by atomic mass is 16.5. The molecule has 2 aromatic heterocycles. The summed E-state index contributed by atoms with van der Waals surface area (Å²) in [5.41, 5.74) is 1.95. The Kier molecular flexibility index (Phi) is 3.98. The second-order valence-electron chi connectivity index (χ2n) is 6.84. The lowest BCUT2D eigenvalue weighted by Gasteiger charge is -2.28. The number of benzene rings is 2. The molecule has 5 rings (SSSR count). The lowest BCUT2D eigenvalue weighted by atomic mass is 9.86. The SMILES string of the molecule is N=c1c2c(ncn1CCCO)Oc1c(ccc3ccccc13)C2c1ccco1. The Morgan fingerprint density at radius 2 is 2.00 bits per heavy atom. The zero-order chi connectivity index (χ0) is 19.1. The molecule has 2 N–H and O–H groups in total. The van der Waals surface area contributed by atoms with E-state index in [2.05, 4.69) is 11.1 Å². The number of aliphatic hydroxyl groups excluding tert-OH is 1. The van der Waals surface area contributed by atoms with E-state index in [1.165, 1.54) is 0 Å². The van der Waals surface area contributed by atoms with E-state index in [-0.39, 0.29) is 12.5 Å². The summed E-state index contributed by atoms with van der Waals surface area (Å²) in [5.74, 6) is 1.65. The average molecular weight is 373 g/mol. The fraction of sp³-hybridized carbons (Fsp3) is 0.182. The maximum Gasteiger partial charge on any atom is 0.228 e. The van der Waals surface area contributed by atoms with Crippen LogP contribution in [0.4, 0.5) is 0 Å². The summed E-state index contributed by atoms with van der Waals surface area (Å²) in [6, 6.07) is 15.9. The van der Waals surface area contributed by atoms with Gasteiger partial charge in [0.1, 0.15) is 23.3 Å². The lowest BCUT2D eigenvalue weighted by Crippen LogP contribution is -2.30. The molecule has 140 valence electrons. The number of nitrogens with zero attached hydrogens (tertiary/aromatic N) is 2. The van der Waals surface area contributed by atoms with Gasteiger partial charge in [0.2, 0.25) is 5.88 Å². The van der Waals surface area contributed by atoms with Crippen molar-refractivity contribution < 1.29 is 14.3 Å². The van der Waals surface area contributed by atoms with Crippen molar-refractivity contribution in [2.45, 2.75) is 18.9 Å². The minimum absolute atomic E-state index is 0.0659. The van der Waals surface area contributed by atoms with Crippen molar-refractivity contribution in [2.24, 2.45) is 0 Å². The molecule has 0 saturated heterocycles. The van der Waals surface area contributed by atoms with E-state index in [1.807, 2.05) is 42.5 Å². The summed E-state index contributed by atoms with van der Waals surface area (Å²) >= 11 is 0. The van der Waals surface area contributed by atoms with Crippen LogP contribution in [0.3, 0.4) is 0 Å². The molecule has 1 atom stereocenters. The molecule has 4 aromatic rings. The van der Waals surface area contributed by atoms with Crippen molar-refractivity contribution in [2.75, 3.05) is 6.61 Å². The Morgan fingerprint density at radius 1 is 1.11 bits per heavy atom. The average Bonchev–Trinajstić information content (AvgIpc) is 3.26. The van der Waals surface area contributed by atoms with Crippen molar-refractivity contribution in [1.82, 2.24) is 9.55 Å². The van der Waals surface area contributed by atoms with Crippen LogP contribution in [-0.2, 0) is 6.54 Å². The monoisotopic (exact) mass is 373 g/mol. The number of nitrogens with one attached hydrogen (secondary N) is 1. The fourth-order valence-electron chi connectivity index (χ4n) is 3.86. The number of hydrogen-bond acceptors (Lipinski definition) is 5. The van der Waals surface area contributed by atoms with Crippen LogP contribution >= 0.6 is 0 Å². The number of fused-ring (bicyclic) bond motifs is 4. The first-order chi connectivity index (χ1) is 13.8. The van der Waals surface area contributed by atoms with Gasteiger partial charge in [-0.3, -0.25) is 5.41 Å². The van der Waals surface area contributed by atoms with E-state index in [0.717, 1.165) is 27.8 Å². The molecular formula is C22H19N3O3. The first-order valence-corrected chi connectivity index (χ1v) is 9.25. The molecule has 1 aliphatic heterocycles. The van der Waals surface area contributed by atoms with Crippen LogP contribution in [0, 0.1) is 5.41 Å². The summed E-state index contributed by atoms with van der Waals surface area (Å²) in [5, 5.41) is 20.0. The Balaban J connectivity index is 1.77. The number of aliphatic hydroxyl groups is 1. The second-order valence-corrected chi connectivity index (χ2v) is 6.84. The first kappa shape index (κ1) is 16.8. The van der Waals surface area contributed by atoms with Crippen LogP contribution in [-0.4, -0.2) is 21.3 Å². The summed E-state index contributed by atoms with van der Waals surface area (Å²) in [7, 11) is 0. The van der Waals surface area contributed by atoms with Gasteiger partial charge in [-0.15, -0.1) is 0 Å². The zero-order valence-corrected chi connectivity index (χ0v) is 15.1. The van der Waals surface area contributed by atoms with Gasteiger partial charge in [0.25, 0.3) is 0 Å². The molecule has 1 aliphatic rings. The molecule has 3 heterocycles. The molecule has 0 bridgehead atoms. The zero-order valence-electron chi connectivity index (χ0n) is 15.1. The molecule has 28 heavy (non-hydrogen) atoms. The van der Waals surface area contributed by atoms with Crippen LogP contribution < -0.4 is 10.2 Å². The normalized spacial score (nSPS) is 15.1. The molecule has 0 radical (unpaired) electrons. The summed E-state index contributed by atoms with van der Waals surface area (Å²) in [6.45, 7) is 0.585. The number of aromatic nitrogens is 2. The third kappa shape index (κ3) is 2.53. The van der Waals surface area contributed by atoms with Crippen LogP contribution in [0.25, 0.3) is 10.8 Å². The lowest BCUT2D eigenvalue weighted by molar-refractivity contribution is 0.277. The van der Waals surface area contributed by atoms with Gasteiger partial charge in [0, 0.05) is 24.1 Å². The molecular weight excluding hydrogens is 354 g/mol. The van der Waals surface area contributed by atoms with E-state index in [1.54, 1.807) is 17.2 Å². The summed E-state index contributed by atoms with van der Waals surface area (Å²) in [4.78, 5) is 4.50. The molecule has 0 fully saturated rings.